The van der Waals surface area contributed by atoms with Crippen molar-refractivity contribution in [3.8, 4) is 0 Å². The number of aliphatic hydroxyl groups is 6. The summed E-state index contributed by atoms with van der Waals surface area (Å²) in [5, 5.41) is 64.5. The molecule has 7 N–H and O–H groups in total. The van der Waals surface area contributed by atoms with E-state index in [1.165, 1.54) is 70.6 Å². The zero-order valence-electron chi connectivity index (χ0n) is 32.2. The van der Waals surface area contributed by atoms with E-state index in [9.17, 15) is 35.4 Å². The van der Waals surface area contributed by atoms with Gasteiger partial charge in [-0.15, -0.1) is 0 Å². The van der Waals surface area contributed by atoms with Crippen LogP contribution in [0.5, 0.6) is 0 Å². The van der Waals surface area contributed by atoms with Gasteiger partial charge in [-0.05, 0) is 38.5 Å². The van der Waals surface area contributed by atoms with Crippen molar-refractivity contribution in [3.05, 3.63) is 24.3 Å². The van der Waals surface area contributed by atoms with Gasteiger partial charge in [0.05, 0.1) is 25.4 Å². The second-order valence-corrected chi connectivity index (χ2v) is 14.6. The van der Waals surface area contributed by atoms with Crippen LogP contribution in [0.15, 0.2) is 24.3 Å². The molecule has 1 aliphatic heterocycles. The molecule has 8 unspecified atom stereocenters. The van der Waals surface area contributed by atoms with Crippen LogP contribution in [0.2, 0.25) is 0 Å². The number of nitrogens with one attached hydrogen (secondary N) is 1. The fourth-order valence-corrected chi connectivity index (χ4v) is 6.45. The molecule has 1 saturated heterocycles. The normalized spacial score (nSPS) is 22.9. The largest absolute Gasteiger partial charge is 0.394 e. The molecule has 300 valence electrons. The van der Waals surface area contributed by atoms with Gasteiger partial charge in [-0.1, -0.05) is 154 Å². The Morgan fingerprint density at radius 1 is 0.667 bits per heavy atom. The summed E-state index contributed by atoms with van der Waals surface area (Å²) in [6.07, 6.45) is 25.1. The van der Waals surface area contributed by atoms with Crippen molar-refractivity contribution in [3.63, 3.8) is 0 Å². The maximum Gasteiger partial charge on any atom is 0.249 e. The summed E-state index contributed by atoms with van der Waals surface area (Å²) in [5.41, 5.74) is 0. The molecule has 0 aromatic carbocycles. The molecule has 0 bridgehead atoms. The van der Waals surface area contributed by atoms with Crippen LogP contribution in [0.1, 0.15) is 168 Å². The topological polar surface area (TPSA) is 169 Å². The van der Waals surface area contributed by atoms with Crippen molar-refractivity contribution in [2.75, 3.05) is 13.2 Å². The molecule has 0 aromatic heterocycles. The molecule has 1 rings (SSSR count). The number of aliphatic hydroxyl groups excluding tert-OH is 6. The van der Waals surface area contributed by atoms with Crippen molar-refractivity contribution >= 4 is 5.91 Å². The maximum atomic E-state index is 13.0. The third-order valence-corrected chi connectivity index (χ3v) is 9.94. The van der Waals surface area contributed by atoms with Crippen molar-refractivity contribution in [1.82, 2.24) is 5.32 Å². The summed E-state index contributed by atoms with van der Waals surface area (Å²) in [7, 11) is 0. The lowest BCUT2D eigenvalue weighted by atomic mass is 9.99. The number of allylic oxidation sites excluding steroid dienone is 4. The zero-order valence-corrected chi connectivity index (χ0v) is 32.2. The van der Waals surface area contributed by atoms with E-state index >= 15 is 0 Å². The van der Waals surface area contributed by atoms with Gasteiger partial charge in [0.2, 0.25) is 5.91 Å². The van der Waals surface area contributed by atoms with E-state index in [1.54, 1.807) is 0 Å². The van der Waals surface area contributed by atoms with Crippen molar-refractivity contribution in [2.24, 2.45) is 0 Å². The zero-order chi connectivity index (χ0) is 37.5. The lowest BCUT2D eigenvalue weighted by Crippen LogP contribution is -2.60. The van der Waals surface area contributed by atoms with E-state index in [-0.39, 0.29) is 6.61 Å². The first-order valence-electron chi connectivity index (χ1n) is 20.7. The highest BCUT2D eigenvalue weighted by molar-refractivity contribution is 5.80. The van der Waals surface area contributed by atoms with Crippen LogP contribution in [0.25, 0.3) is 0 Å². The van der Waals surface area contributed by atoms with Crippen LogP contribution in [0.3, 0.4) is 0 Å². The summed E-state index contributed by atoms with van der Waals surface area (Å²) >= 11 is 0. The Hall–Kier alpha value is -1.37. The summed E-state index contributed by atoms with van der Waals surface area (Å²) < 4.78 is 11.1. The quantitative estimate of drug-likeness (QED) is 0.0294. The standard InChI is InChI=1S/C41H77NO9/c1-3-5-7-9-11-13-15-17-18-20-22-24-26-28-30-35(45)40(49)42-33(32-50-41-39(48)38(47)37(46)36(31-43)51-41)34(44)29-27-25-23-21-19-16-14-12-10-8-6-4-2/h11,13,15,17,33-39,41,43-48H,3-10,12,14,16,18-32H2,1-2H3,(H,42,49)/b13-11-,17-15-. The van der Waals surface area contributed by atoms with E-state index < -0.39 is 61.5 Å². The first kappa shape index (κ1) is 47.7. The summed E-state index contributed by atoms with van der Waals surface area (Å²) in [6.45, 7) is 3.59. The second kappa shape index (κ2) is 32.1. The van der Waals surface area contributed by atoms with Crippen LogP contribution < -0.4 is 5.32 Å². The smallest absolute Gasteiger partial charge is 0.249 e. The Morgan fingerprint density at radius 2 is 1.14 bits per heavy atom. The number of carbonyl (C=O) groups excluding carboxylic acids is 1. The average molecular weight is 728 g/mol. The monoisotopic (exact) mass is 728 g/mol. The molecule has 8 atom stereocenters. The number of unbranched alkanes of at least 4 members (excludes halogenated alkanes) is 19. The van der Waals surface area contributed by atoms with E-state index in [1.807, 2.05) is 0 Å². The third kappa shape index (κ3) is 23.1. The van der Waals surface area contributed by atoms with E-state index in [0.717, 1.165) is 64.2 Å². The lowest BCUT2D eigenvalue weighted by Gasteiger charge is -2.40. The van der Waals surface area contributed by atoms with E-state index in [0.29, 0.717) is 19.3 Å². The molecule has 10 heteroatoms. The molecule has 51 heavy (non-hydrogen) atoms. The van der Waals surface area contributed by atoms with Gasteiger partial charge in [0, 0.05) is 0 Å². The number of amides is 1. The molecule has 0 saturated carbocycles. The van der Waals surface area contributed by atoms with Gasteiger partial charge >= 0.3 is 0 Å². The highest BCUT2D eigenvalue weighted by Gasteiger charge is 2.44. The summed E-state index contributed by atoms with van der Waals surface area (Å²) in [4.78, 5) is 13.0. The van der Waals surface area contributed by atoms with Gasteiger partial charge < -0.3 is 45.4 Å². The Balaban J connectivity index is 2.47. The number of carbonyl (C=O) groups is 1. The molecular weight excluding hydrogens is 650 g/mol. The van der Waals surface area contributed by atoms with Gasteiger partial charge in [-0.3, -0.25) is 4.79 Å². The minimum absolute atomic E-state index is 0.260. The minimum atomic E-state index is -1.60. The predicted molar refractivity (Wildman–Crippen MR) is 204 cm³/mol. The van der Waals surface area contributed by atoms with Crippen LogP contribution >= 0.6 is 0 Å². The number of hydrogen-bond acceptors (Lipinski definition) is 9. The van der Waals surface area contributed by atoms with Gasteiger partial charge in [-0.25, -0.2) is 0 Å². The minimum Gasteiger partial charge on any atom is -0.394 e. The molecule has 10 nitrogen and oxygen atoms in total. The maximum absolute atomic E-state index is 13.0. The molecule has 0 aromatic rings. The molecule has 0 spiro atoms. The predicted octanol–water partition coefficient (Wildman–Crippen LogP) is 6.52. The van der Waals surface area contributed by atoms with Crippen LogP contribution in [0, 0.1) is 0 Å². The molecule has 1 fully saturated rings. The molecule has 1 heterocycles. The number of rotatable bonds is 33. The molecule has 0 aliphatic carbocycles. The first-order valence-corrected chi connectivity index (χ1v) is 20.7. The summed E-state index contributed by atoms with van der Waals surface area (Å²) in [6, 6.07) is -0.897. The Kier molecular flexibility index (Phi) is 30.0. The Labute approximate surface area is 310 Å². The highest BCUT2D eigenvalue weighted by Crippen LogP contribution is 2.23. The van der Waals surface area contributed by atoms with Crippen molar-refractivity contribution < 1.29 is 44.9 Å². The average Bonchev–Trinajstić information content (AvgIpc) is 3.13. The van der Waals surface area contributed by atoms with E-state index in [4.69, 9.17) is 9.47 Å². The number of hydrogen-bond donors (Lipinski definition) is 7. The SMILES string of the molecule is CCCCC/C=C\C=C/CCCCCCCC(O)C(=O)NC(COC1OC(CO)C(O)C(O)C1O)C(O)CCCCCCCCCCCCCC. The van der Waals surface area contributed by atoms with Gasteiger partial charge in [0.1, 0.15) is 30.5 Å². The summed E-state index contributed by atoms with van der Waals surface area (Å²) in [5.74, 6) is -0.598. The first-order chi connectivity index (χ1) is 24.8. The van der Waals surface area contributed by atoms with Gasteiger partial charge in [-0.2, -0.15) is 0 Å². The Morgan fingerprint density at radius 3 is 1.69 bits per heavy atom. The van der Waals surface area contributed by atoms with Crippen molar-refractivity contribution in [2.45, 2.75) is 217 Å². The third-order valence-electron chi connectivity index (χ3n) is 9.94. The molecule has 1 amide bonds. The second-order valence-electron chi connectivity index (χ2n) is 14.6. The van der Waals surface area contributed by atoms with E-state index in [2.05, 4.69) is 43.5 Å². The van der Waals surface area contributed by atoms with Crippen LogP contribution in [-0.2, 0) is 14.3 Å². The Bertz CT molecular complexity index is 870. The number of ether oxygens (including phenoxy) is 2. The van der Waals surface area contributed by atoms with Crippen LogP contribution in [-0.4, -0.2) is 98.7 Å². The van der Waals surface area contributed by atoms with Crippen molar-refractivity contribution in [1.29, 1.82) is 0 Å². The molecule has 1 aliphatic rings. The fraction of sp³-hybridized carbons (Fsp3) is 0.878. The van der Waals surface area contributed by atoms with Crippen LogP contribution in [0.4, 0.5) is 0 Å². The fourth-order valence-electron chi connectivity index (χ4n) is 6.45. The highest BCUT2D eigenvalue weighted by atomic mass is 16.7. The molecular formula is C41H77NO9. The molecule has 0 radical (unpaired) electrons. The lowest BCUT2D eigenvalue weighted by molar-refractivity contribution is -0.302. The van der Waals surface area contributed by atoms with Gasteiger partial charge in [0.25, 0.3) is 0 Å². The van der Waals surface area contributed by atoms with Gasteiger partial charge in [0.15, 0.2) is 6.29 Å².